The molecule has 0 aromatic rings. The van der Waals surface area contributed by atoms with Crippen molar-refractivity contribution in [1.29, 1.82) is 0 Å². The first-order valence-electron chi connectivity index (χ1n) is 3.35. The SMILES string of the molecule is OCNC1CCOCC1. The van der Waals surface area contributed by atoms with E-state index in [-0.39, 0.29) is 6.73 Å². The second-order valence-electron chi connectivity index (χ2n) is 2.25. The number of hydrogen-bond donors (Lipinski definition) is 2. The highest BCUT2D eigenvalue weighted by atomic mass is 16.5. The van der Waals surface area contributed by atoms with E-state index in [9.17, 15) is 0 Å². The number of nitrogens with one attached hydrogen (secondary N) is 1. The van der Waals surface area contributed by atoms with Gasteiger partial charge >= 0.3 is 0 Å². The summed E-state index contributed by atoms with van der Waals surface area (Å²) < 4.78 is 5.12. The quantitative estimate of drug-likeness (QED) is 0.506. The fourth-order valence-corrected chi connectivity index (χ4v) is 1.03. The number of ether oxygens (including phenoxy) is 1. The van der Waals surface area contributed by atoms with Gasteiger partial charge in [-0.1, -0.05) is 0 Å². The van der Waals surface area contributed by atoms with Gasteiger partial charge in [0.25, 0.3) is 0 Å². The van der Waals surface area contributed by atoms with E-state index in [0.29, 0.717) is 6.04 Å². The summed E-state index contributed by atoms with van der Waals surface area (Å²) in [6.07, 6.45) is 2.06. The molecule has 1 heterocycles. The van der Waals surface area contributed by atoms with Crippen molar-refractivity contribution < 1.29 is 9.84 Å². The maximum atomic E-state index is 8.47. The second kappa shape index (κ2) is 3.82. The third-order valence-electron chi connectivity index (χ3n) is 1.60. The van der Waals surface area contributed by atoms with Crippen molar-refractivity contribution in [2.24, 2.45) is 0 Å². The fraction of sp³-hybridized carbons (Fsp3) is 1.00. The topological polar surface area (TPSA) is 41.5 Å². The molecule has 1 fully saturated rings. The lowest BCUT2D eigenvalue weighted by Crippen LogP contribution is -2.35. The Morgan fingerprint density at radius 2 is 2.11 bits per heavy atom. The molecule has 0 aliphatic carbocycles. The summed E-state index contributed by atoms with van der Waals surface area (Å²) >= 11 is 0. The fourth-order valence-electron chi connectivity index (χ4n) is 1.03. The molecule has 1 aliphatic heterocycles. The van der Waals surface area contributed by atoms with Crippen molar-refractivity contribution >= 4 is 0 Å². The van der Waals surface area contributed by atoms with Crippen LogP contribution in [0, 0.1) is 0 Å². The van der Waals surface area contributed by atoms with Gasteiger partial charge in [-0.3, -0.25) is 5.32 Å². The Balaban J connectivity index is 2.08. The zero-order valence-corrected chi connectivity index (χ0v) is 5.47. The van der Waals surface area contributed by atoms with E-state index in [2.05, 4.69) is 5.32 Å². The van der Waals surface area contributed by atoms with Gasteiger partial charge < -0.3 is 9.84 Å². The summed E-state index contributed by atoms with van der Waals surface area (Å²) in [5, 5.41) is 11.4. The molecule has 2 N–H and O–H groups in total. The summed E-state index contributed by atoms with van der Waals surface area (Å²) in [5.41, 5.74) is 0. The average molecular weight is 131 g/mol. The van der Waals surface area contributed by atoms with Gasteiger partial charge in [-0.05, 0) is 12.8 Å². The first-order chi connectivity index (χ1) is 4.43. The minimum Gasteiger partial charge on any atom is -0.381 e. The van der Waals surface area contributed by atoms with Crippen LogP contribution in [-0.2, 0) is 4.74 Å². The molecule has 0 bridgehead atoms. The highest BCUT2D eigenvalue weighted by molar-refractivity contribution is 4.67. The van der Waals surface area contributed by atoms with E-state index < -0.39 is 0 Å². The lowest BCUT2D eigenvalue weighted by molar-refractivity contribution is 0.0701. The average Bonchev–Trinajstić information content (AvgIpc) is 1.91. The second-order valence-corrected chi connectivity index (χ2v) is 2.25. The molecule has 54 valence electrons. The highest BCUT2D eigenvalue weighted by Gasteiger charge is 2.11. The van der Waals surface area contributed by atoms with Crippen molar-refractivity contribution in [2.45, 2.75) is 18.9 Å². The molecule has 9 heavy (non-hydrogen) atoms. The normalized spacial score (nSPS) is 22.3. The molecule has 0 aromatic carbocycles. The van der Waals surface area contributed by atoms with E-state index in [1.807, 2.05) is 0 Å². The minimum atomic E-state index is 0.0880. The van der Waals surface area contributed by atoms with Gasteiger partial charge in [0.1, 0.15) is 0 Å². The molecule has 0 radical (unpaired) electrons. The Morgan fingerprint density at radius 3 is 2.67 bits per heavy atom. The highest BCUT2D eigenvalue weighted by Crippen LogP contribution is 2.04. The van der Waals surface area contributed by atoms with E-state index in [1.165, 1.54) is 0 Å². The van der Waals surface area contributed by atoms with Crippen molar-refractivity contribution in [1.82, 2.24) is 5.32 Å². The summed E-state index contributed by atoms with van der Waals surface area (Å²) in [6.45, 7) is 1.75. The predicted molar refractivity (Wildman–Crippen MR) is 34.1 cm³/mol. The van der Waals surface area contributed by atoms with Crippen LogP contribution in [0.15, 0.2) is 0 Å². The molecule has 0 saturated carbocycles. The zero-order valence-electron chi connectivity index (χ0n) is 5.47. The Bertz CT molecular complexity index is 68.7. The maximum absolute atomic E-state index is 8.47. The molecule has 3 heteroatoms. The van der Waals surface area contributed by atoms with E-state index >= 15 is 0 Å². The van der Waals surface area contributed by atoms with Crippen molar-refractivity contribution in [2.75, 3.05) is 19.9 Å². The van der Waals surface area contributed by atoms with Gasteiger partial charge in [0.05, 0.1) is 6.73 Å². The lowest BCUT2D eigenvalue weighted by atomic mass is 10.1. The van der Waals surface area contributed by atoms with E-state index in [1.54, 1.807) is 0 Å². The summed E-state index contributed by atoms with van der Waals surface area (Å²) in [4.78, 5) is 0. The molecule has 0 atom stereocenters. The number of rotatable bonds is 2. The Kier molecular flexibility index (Phi) is 2.97. The smallest absolute Gasteiger partial charge is 0.0933 e. The van der Waals surface area contributed by atoms with Crippen LogP contribution >= 0.6 is 0 Å². The molecule has 0 spiro atoms. The van der Waals surface area contributed by atoms with E-state index in [0.717, 1.165) is 26.1 Å². The van der Waals surface area contributed by atoms with E-state index in [4.69, 9.17) is 9.84 Å². The van der Waals surface area contributed by atoms with Crippen LogP contribution < -0.4 is 5.32 Å². The Morgan fingerprint density at radius 1 is 1.44 bits per heavy atom. The lowest BCUT2D eigenvalue weighted by Gasteiger charge is -2.21. The first-order valence-corrected chi connectivity index (χ1v) is 3.35. The summed E-state index contributed by atoms with van der Waals surface area (Å²) in [7, 11) is 0. The summed E-state index contributed by atoms with van der Waals surface area (Å²) in [6, 6.07) is 0.476. The van der Waals surface area contributed by atoms with Crippen LogP contribution in [0.5, 0.6) is 0 Å². The van der Waals surface area contributed by atoms with Gasteiger partial charge in [-0.15, -0.1) is 0 Å². The summed E-state index contributed by atoms with van der Waals surface area (Å²) in [5.74, 6) is 0. The molecule has 1 saturated heterocycles. The number of hydrogen-bond acceptors (Lipinski definition) is 3. The minimum absolute atomic E-state index is 0.0880. The van der Waals surface area contributed by atoms with Crippen LogP contribution in [0.3, 0.4) is 0 Å². The molecule has 0 amide bonds. The number of aliphatic hydroxyl groups is 1. The molecular weight excluding hydrogens is 118 g/mol. The third kappa shape index (κ3) is 2.30. The van der Waals surface area contributed by atoms with Crippen molar-refractivity contribution in [3.8, 4) is 0 Å². The van der Waals surface area contributed by atoms with Gasteiger partial charge in [0.15, 0.2) is 0 Å². The Labute approximate surface area is 55.0 Å². The van der Waals surface area contributed by atoms with Crippen LogP contribution in [0.4, 0.5) is 0 Å². The monoisotopic (exact) mass is 131 g/mol. The van der Waals surface area contributed by atoms with Gasteiger partial charge in [-0.2, -0.15) is 0 Å². The maximum Gasteiger partial charge on any atom is 0.0933 e. The third-order valence-corrected chi connectivity index (χ3v) is 1.60. The van der Waals surface area contributed by atoms with Gasteiger partial charge in [0.2, 0.25) is 0 Å². The first kappa shape index (κ1) is 6.99. The van der Waals surface area contributed by atoms with Crippen LogP contribution in [0.1, 0.15) is 12.8 Å². The van der Waals surface area contributed by atoms with Gasteiger partial charge in [-0.25, -0.2) is 0 Å². The van der Waals surface area contributed by atoms with Crippen LogP contribution in [0.25, 0.3) is 0 Å². The number of aliphatic hydroxyl groups excluding tert-OH is 1. The van der Waals surface area contributed by atoms with Crippen molar-refractivity contribution in [3.05, 3.63) is 0 Å². The molecule has 1 aliphatic rings. The van der Waals surface area contributed by atoms with Gasteiger partial charge in [0, 0.05) is 19.3 Å². The molecule has 0 aromatic heterocycles. The molecule has 1 rings (SSSR count). The predicted octanol–water partition coefficient (Wildman–Crippen LogP) is -0.295. The van der Waals surface area contributed by atoms with Crippen LogP contribution in [0.2, 0.25) is 0 Å². The molecular formula is C6H13NO2. The molecule has 3 nitrogen and oxygen atoms in total. The largest absolute Gasteiger partial charge is 0.381 e. The van der Waals surface area contributed by atoms with Crippen LogP contribution in [-0.4, -0.2) is 31.1 Å². The Hall–Kier alpha value is -0.120. The van der Waals surface area contributed by atoms with Crippen molar-refractivity contribution in [3.63, 3.8) is 0 Å². The zero-order chi connectivity index (χ0) is 6.53. The molecule has 0 unspecified atom stereocenters. The standard InChI is InChI=1S/C6H13NO2/c8-5-7-6-1-3-9-4-2-6/h6-8H,1-5H2.